The van der Waals surface area contributed by atoms with E-state index >= 15 is 0 Å². The molecule has 3 rings (SSSR count). The van der Waals surface area contributed by atoms with Crippen LogP contribution in [0.2, 0.25) is 25.7 Å². The van der Waals surface area contributed by atoms with Crippen molar-refractivity contribution in [2.75, 3.05) is 17.7 Å². The average Bonchev–Trinajstić information content (AvgIpc) is 3.02. The van der Waals surface area contributed by atoms with Crippen molar-refractivity contribution in [3.05, 3.63) is 36.5 Å². The SMILES string of the molecule is CCCC(=O)Nc1nn(COCC[Si](C)(C)C)c2cc(-c3ccc(N)nc3)ccc12. The number of rotatable bonds is 9. The van der Waals surface area contributed by atoms with Crippen LogP contribution in [0.25, 0.3) is 22.0 Å². The van der Waals surface area contributed by atoms with Gasteiger partial charge in [-0.15, -0.1) is 0 Å². The first kappa shape index (κ1) is 22.0. The lowest BCUT2D eigenvalue weighted by molar-refractivity contribution is -0.116. The molecule has 1 aromatic carbocycles. The Balaban J connectivity index is 1.91. The normalized spacial score (nSPS) is 11.7. The van der Waals surface area contributed by atoms with E-state index in [1.54, 1.807) is 12.3 Å². The minimum Gasteiger partial charge on any atom is -0.384 e. The van der Waals surface area contributed by atoms with Gasteiger partial charge in [0.05, 0.1) is 5.52 Å². The Hall–Kier alpha value is -2.71. The van der Waals surface area contributed by atoms with Gasteiger partial charge >= 0.3 is 0 Å². The predicted octanol–water partition coefficient (Wildman–Crippen LogP) is 4.73. The highest BCUT2D eigenvalue weighted by Gasteiger charge is 2.16. The van der Waals surface area contributed by atoms with Gasteiger partial charge in [0, 0.05) is 38.2 Å². The van der Waals surface area contributed by atoms with Crippen molar-refractivity contribution in [1.82, 2.24) is 14.8 Å². The number of anilines is 2. The Kier molecular flexibility index (Phi) is 6.89. The fourth-order valence-corrected chi connectivity index (χ4v) is 3.83. The number of carbonyl (C=O) groups is 1. The van der Waals surface area contributed by atoms with Gasteiger partial charge in [-0.05, 0) is 42.3 Å². The van der Waals surface area contributed by atoms with Crippen molar-refractivity contribution in [3.63, 3.8) is 0 Å². The summed E-state index contributed by atoms with van der Waals surface area (Å²) < 4.78 is 7.74. The van der Waals surface area contributed by atoms with Crippen LogP contribution in [0.4, 0.5) is 11.6 Å². The van der Waals surface area contributed by atoms with Crippen LogP contribution in [-0.2, 0) is 16.3 Å². The summed E-state index contributed by atoms with van der Waals surface area (Å²) in [4.78, 5) is 16.3. The number of carbonyl (C=O) groups excluding carboxylic acids is 1. The summed E-state index contributed by atoms with van der Waals surface area (Å²) in [6.07, 6.45) is 3.01. The molecular weight excluding hydrogens is 394 g/mol. The molecule has 0 aliphatic heterocycles. The van der Waals surface area contributed by atoms with Crippen molar-refractivity contribution in [1.29, 1.82) is 0 Å². The van der Waals surface area contributed by atoms with Gasteiger partial charge in [-0.1, -0.05) is 32.6 Å². The van der Waals surface area contributed by atoms with Crippen LogP contribution < -0.4 is 11.1 Å². The van der Waals surface area contributed by atoms with Gasteiger partial charge in [0.2, 0.25) is 5.91 Å². The molecule has 0 unspecified atom stereocenters. The molecule has 0 aliphatic carbocycles. The van der Waals surface area contributed by atoms with Crippen LogP contribution in [-0.4, -0.2) is 35.4 Å². The maximum atomic E-state index is 12.1. The molecule has 2 heterocycles. The van der Waals surface area contributed by atoms with Gasteiger partial charge in [-0.3, -0.25) is 4.79 Å². The molecule has 2 aromatic heterocycles. The molecule has 3 N–H and O–H groups in total. The molecule has 160 valence electrons. The lowest BCUT2D eigenvalue weighted by atomic mass is 10.1. The van der Waals surface area contributed by atoms with Crippen LogP contribution >= 0.6 is 0 Å². The fraction of sp³-hybridized carbons (Fsp3) is 0.409. The van der Waals surface area contributed by atoms with Gasteiger partial charge < -0.3 is 15.8 Å². The number of hydrogen-bond acceptors (Lipinski definition) is 5. The summed E-state index contributed by atoms with van der Waals surface area (Å²) in [5, 5.41) is 8.46. The Labute approximate surface area is 178 Å². The van der Waals surface area contributed by atoms with Crippen molar-refractivity contribution in [3.8, 4) is 11.1 Å². The highest BCUT2D eigenvalue weighted by Crippen LogP contribution is 2.29. The molecule has 1 amide bonds. The largest absolute Gasteiger partial charge is 0.384 e. The molecule has 0 radical (unpaired) electrons. The molecular formula is C22H31N5O2Si. The van der Waals surface area contributed by atoms with Gasteiger partial charge in [-0.2, -0.15) is 5.10 Å². The number of nitrogens with two attached hydrogens (primary N) is 1. The molecule has 0 atom stereocenters. The maximum Gasteiger partial charge on any atom is 0.225 e. The number of benzene rings is 1. The summed E-state index contributed by atoms with van der Waals surface area (Å²) in [7, 11) is -1.16. The lowest BCUT2D eigenvalue weighted by Gasteiger charge is -2.15. The van der Waals surface area contributed by atoms with E-state index in [0.717, 1.165) is 34.5 Å². The molecule has 7 nitrogen and oxygen atoms in total. The van der Waals surface area contributed by atoms with Crippen molar-refractivity contribution >= 4 is 36.5 Å². The van der Waals surface area contributed by atoms with E-state index in [1.807, 2.05) is 35.9 Å². The second-order valence-electron chi connectivity index (χ2n) is 8.70. The van der Waals surface area contributed by atoms with Crippen molar-refractivity contribution in [2.45, 2.75) is 52.2 Å². The van der Waals surface area contributed by atoms with Crippen LogP contribution in [0.1, 0.15) is 19.8 Å². The number of aromatic nitrogens is 3. The predicted molar refractivity (Wildman–Crippen MR) is 125 cm³/mol. The Morgan fingerprint density at radius 3 is 2.63 bits per heavy atom. The molecule has 0 saturated heterocycles. The molecule has 30 heavy (non-hydrogen) atoms. The Bertz CT molecular complexity index is 1010. The summed E-state index contributed by atoms with van der Waals surface area (Å²) in [6.45, 7) is 10.0. The zero-order valence-electron chi connectivity index (χ0n) is 18.2. The number of ether oxygens (including phenoxy) is 1. The number of amides is 1. The van der Waals surface area contributed by atoms with Crippen LogP contribution in [0.5, 0.6) is 0 Å². The van der Waals surface area contributed by atoms with E-state index in [1.165, 1.54) is 0 Å². The highest BCUT2D eigenvalue weighted by molar-refractivity contribution is 6.76. The molecule has 0 spiro atoms. The molecule has 0 aliphatic rings. The first-order chi connectivity index (χ1) is 14.3. The number of nitrogen functional groups attached to an aromatic ring is 1. The van der Waals surface area contributed by atoms with E-state index in [2.05, 4.69) is 35.0 Å². The minimum absolute atomic E-state index is 0.0319. The van der Waals surface area contributed by atoms with Crippen LogP contribution in [0, 0.1) is 0 Å². The van der Waals surface area contributed by atoms with E-state index in [9.17, 15) is 4.79 Å². The van der Waals surface area contributed by atoms with Gasteiger partial charge in [0.15, 0.2) is 5.82 Å². The number of nitrogens with zero attached hydrogens (tertiary/aromatic N) is 3. The monoisotopic (exact) mass is 425 g/mol. The smallest absolute Gasteiger partial charge is 0.225 e. The second-order valence-corrected chi connectivity index (χ2v) is 14.3. The fourth-order valence-electron chi connectivity index (χ4n) is 3.07. The molecule has 3 aromatic rings. The van der Waals surface area contributed by atoms with Gasteiger partial charge in [0.1, 0.15) is 12.5 Å². The summed E-state index contributed by atoms with van der Waals surface area (Å²) in [5.41, 5.74) is 8.59. The Morgan fingerprint density at radius 1 is 1.20 bits per heavy atom. The standard InChI is InChI=1S/C22H31N5O2Si/c1-5-6-21(28)25-22-18-9-7-16(17-8-10-20(23)24-14-17)13-19(18)27(26-22)15-29-11-12-30(2,3)4/h7-10,13-14H,5-6,11-12,15H2,1-4H3,(H2,23,24)(H,25,26,28). The maximum absolute atomic E-state index is 12.1. The number of nitrogens with one attached hydrogen (secondary N) is 1. The van der Waals surface area contributed by atoms with E-state index in [-0.39, 0.29) is 5.91 Å². The van der Waals surface area contributed by atoms with Gasteiger partial charge in [-0.25, -0.2) is 9.67 Å². The van der Waals surface area contributed by atoms with E-state index in [0.29, 0.717) is 31.4 Å². The van der Waals surface area contributed by atoms with Crippen LogP contribution in [0.3, 0.4) is 0 Å². The zero-order chi connectivity index (χ0) is 21.7. The first-order valence-electron chi connectivity index (χ1n) is 10.4. The Morgan fingerprint density at radius 2 is 1.97 bits per heavy atom. The summed E-state index contributed by atoms with van der Waals surface area (Å²) in [5.74, 6) is 1.02. The topological polar surface area (TPSA) is 95.1 Å². The summed E-state index contributed by atoms with van der Waals surface area (Å²) in [6, 6.07) is 10.9. The molecule has 8 heteroatoms. The first-order valence-corrected chi connectivity index (χ1v) is 14.1. The van der Waals surface area contributed by atoms with Crippen LogP contribution in [0.15, 0.2) is 36.5 Å². The third-order valence-corrected chi connectivity index (χ3v) is 6.52. The van der Waals surface area contributed by atoms with E-state index < -0.39 is 8.07 Å². The number of fused-ring (bicyclic) bond motifs is 1. The van der Waals surface area contributed by atoms with Gasteiger partial charge in [0.25, 0.3) is 0 Å². The summed E-state index contributed by atoms with van der Waals surface area (Å²) >= 11 is 0. The highest BCUT2D eigenvalue weighted by atomic mass is 28.3. The zero-order valence-corrected chi connectivity index (χ0v) is 19.2. The quantitative estimate of drug-likeness (QED) is 0.382. The van der Waals surface area contributed by atoms with Crippen molar-refractivity contribution in [2.24, 2.45) is 0 Å². The number of hydrogen-bond donors (Lipinski definition) is 2. The lowest BCUT2D eigenvalue weighted by Crippen LogP contribution is -2.22. The average molecular weight is 426 g/mol. The number of pyridine rings is 1. The minimum atomic E-state index is -1.16. The molecule has 0 saturated carbocycles. The third kappa shape index (κ3) is 5.67. The van der Waals surface area contributed by atoms with E-state index in [4.69, 9.17) is 10.5 Å². The molecule has 0 fully saturated rings. The third-order valence-electron chi connectivity index (χ3n) is 4.82. The molecule has 0 bridgehead atoms. The van der Waals surface area contributed by atoms with Crippen molar-refractivity contribution < 1.29 is 9.53 Å². The second kappa shape index (κ2) is 9.40.